The summed E-state index contributed by atoms with van der Waals surface area (Å²) < 4.78 is 6.51. The van der Waals surface area contributed by atoms with Crippen molar-refractivity contribution in [2.75, 3.05) is 7.11 Å². The fourth-order valence-electron chi connectivity index (χ4n) is 5.66. The van der Waals surface area contributed by atoms with Gasteiger partial charge in [0.05, 0.1) is 7.11 Å². The van der Waals surface area contributed by atoms with Crippen molar-refractivity contribution in [2.45, 2.75) is 43.4 Å². The molecule has 0 heterocycles. The van der Waals surface area contributed by atoms with E-state index in [2.05, 4.69) is 50.1 Å². The van der Waals surface area contributed by atoms with E-state index in [0.717, 1.165) is 23.5 Å². The highest BCUT2D eigenvalue weighted by molar-refractivity contribution is 9.11. The summed E-state index contributed by atoms with van der Waals surface area (Å²) in [6, 6.07) is 6.43. The molecule has 5 rings (SSSR count). The average molecular weight is 414 g/mol. The van der Waals surface area contributed by atoms with E-state index in [0.29, 0.717) is 10.2 Å². The van der Waals surface area contributed by atoms with Crippen molar-refractivity contribution in [3.63, 3.8) is 0 Å². The van der Waals surface area contributed by atoms with Gasteiger partial charge in [-0.15, -0.1) is 0 Å². The molecule has 4 bridgehead atoms. The summed E-state index contributed by atoms with van der Waals surface area (Å²) in [5, 5.41) is 0. The second kappa shape index (κ2) is 5.26. The van der Waals surface area contributed by atoms with Gasteiger partial charge >= 0.3 is 0 Å². The lowest BCUT2D eigenvalue weighted by molar-refractivity contribution is -0.0529. The summed E-state index contributed by atoms with van der Waals surface area (Å²) in [7, 11) is 1.73. The zero-order chi connectivity index (χ0) is 14.6. The first-order valence-corrected chi connectivity index (χ1v) is 9.78. The predicted octanol–water partition coefficient (Wildman–Crippen LogP) is 6.11. The highest BCUT2D eigenvalue weighted by atomic mass is 79.9. The predicted molar refractivity (Wildman–Crippen MR) is 93.0 cm³/mol. The highest BCUT2D eigenvalue weighted by Crippen LogP contribution is 2.66. The third-order valence-corrected chi connectivity index (χ3v) is 8.26. The Morgan fingerprint density at radius 2 is 1.67 bits per heavy atom. The average Bonchev–Trinajstić information content (AvgIpc) is 2.45. The monoisotopic (exact) mass is 412 g/mol. The molecule has 0 N–H and O–H groups in total. The number of hydrogen-bond acceptors (Lipinski definition) is 1. The van der Waals surface area contributed by atoms with Crippen LogP contribution < -0.4 is 4.74 Å². The van der Waals surface area contributed by atoms with Crippen LogP contribution in [0.1, 0.15) is 48.9 Å². The van der Waals surface area contributed by atoms with Crippen molar-refractivity contribution < 1.29 is 4.74 Å². The van der Waals surface area contributed by atoms with Crippen LogP contribution in [-0.2, 0) is 0 Å². The van der Waals surface area contributed by atoms with Crippen LogP contribution >= 0.6 is 31.9 Å². The van der Waals surface area contributed by atoms with Gasteiger partial charge in [0.2, 0.25) is 0 Å². The van der Waals surface area contributed by atoms with Crippen molar-refractivity contribution in [2.24, 2.45) is 23.2 Å². The Kier molecular flexibility index (Phi) is 3.65. The van der Waals surface area contributed by atoms with Gasteiger partial charge in [-0.2, -0.15) is 0 Å². The maximum atomic E-state index is 5.33. The number of methoxy groups -OCH3 is 1. The van der Waals surface area contributed by atoms with Gasteiger partial charge in [-0.05, 0) is 79.4 Å². The Morgan fingerprint density at radius 1 is 1.10 bits per heavy atom. The van der Waals surface area contributed by atoms with E-state index in [-0.39, 0.29) is 0 Å². The molecule has 21 heavy (non-hydrogen) atoms. The molecule has 1 atom stereocenters. The van der Waals surface area contributed by atoms with E-state index in [1.807, 2.05) is 0 Å². The Hall–Kier alpha value is -0.0200. The Labute approximate surface area is 144 Å². The minimum atomic E-state index is 0.471. The van der Waals surface area contributed by atoms with Gasteiger partial charge in [0, 0.05) is 9.30 Å². The highest BCUT2D eigenvalue weighted by Gasteiger charge is 2.54. The van der Waals surface area contributed by atoms with Gasteiger partial charge in [-0.1, -0.05) is 37.9 Å². The van der Waals surface area contributed by atoms with E-state index in [1.165, 1.54) is 48.6 Å². The van der Waals surface area contributed by atoms with Gasteiger partial charge in [-0.25, -0.2) is 0 Å². The molecule has 0 aromatic heterocycles. The van der Waals surface area contributed by atoms with Crippen molar-refractivity contribution in [3.8, 4) is 5.75 Å². The summed E-state index contributed by atoms with van der Waals surface area (Å²) in [5.41, 5.74) is 1.89. The van der Waals surface area contributed by atoms with Crippen LogP contribution in [0, 0.1) is 23.2 Å². The molecule has 3 heteroatoms. The second-order valence-electron chi connectivity index (χ2n) is 7.53. The third-order valence-electron chi connectivity index (χ3n) is 6.10. The fourth-order valence-corrected chi connectivity index (χ4v) is 7.51. The number of alkyl halides is 1. The summed E-state index contributed by atoms with van der Waals surface area (Å²) >= 11 is 7.86. The van der Waals surface area contributed by atoms with Crippen molar-refractivity contribution >= 4 is 31.9 Å². The van der Waals surface area contributed by atoms with Gasteiger partial charge in [0.25, 0.3) is 0 Å². The number of ether oxygens (including phenoxy) is 1. The summed E-state index contributed by atoms with van der Waals surface area (Å²) in [5.74, 6) is 3.91. The lowest BCUT2D eigenvalue weighted by Crippen LogP contribution is -2.47. The molecule has 0 amide bonds. The standard InChI is InChI=1S/C18H22Br2O/c1-21-14-2-3-15(16(19)7-14)17(20)18-8-11-4-12(9-18)6-13(5-11)10-18/h2-3,7,11-13,17H,4-6,8-10H2,1H3. The van der Waals surface area contributed by atoms with Crippen LogP contribution in [0.2, 0.25) is 0 Å². The number of rotatable bonds is 3. The molecule has 4 fully saturated rings. The van der Waals surface area contributed by atoms with Gasteiger partial charge in [0.15, 0.2) is 0 Å². The molecule has 0 aliphatic heterocycles. The summed E-state index contributed by atoms with van der Waals surface area (Å²) in [4.78, 5) is 0.471. The molecule has 4 aliphatic rings. The fraction of sp³-hybridized carbons (Fsp3) is 0.667. The van der Waals surface area contributed by atoms with Crippen LogP contribution in [0.5, 0.6) is 5.75 Å². The molecule has 0 radical (unpaired) electrons. The summed E-state index contributed by atoms with van der Waals surface area (Å²) in [6.07, 6.45) is 8.78. The third kappa shape index (κ3) is 2.39. The van der Waals surface area contributed by atoms with Crippen molar-refractivity contribution in [1.29, 1.82) is 0 Å². The molecule has 0 spiro atoms. The number of hydrogen-bond donors (Lipinski definition) is 0. The van der Waals surface area contributed by atoms with Crippen molar-refractivity contribution in [1.82, 2.24) is 0 Å². The minimum Gasteiger partial charge on any atom is -0.497 e. The molecule has 1 unspecified atom stereocenters. The van der Waals surface area contributed by atoms with Crippen LogP contribution in [-0.4, -0.2) is 7.11 Å². The zero-order valence-electron chi connectivity index (χ0n) is 12.4. The van der Waals surface area contributed by atoms with E-state index in [1.54, 1.807) is 7.11 Å². The lowest BCUT2D eigenvalue weighted by Gasteiger charge is -2.58. The quantitative estimate of drug-likeness (QED) is 0.543. The van der Waals surface area contributed by atoms with Gasteiger partial charge < -0.3 is 4.74 Å². The maximum absolute atomic E-state index is 5.33. The largest absolute Gasteiger partial charge is 0.497 e. The Balaban J connectivity index is 1.66. The summed E-state index contributed by atoms with van der Waals surface area (Å²) in [6.45, 7) is 0. The molecule has 4 aliphatic carbocycles. The smallest absolute Gasteiger partial charge is 0.120 e. The molecule has 1 nitrogen and oxygen atoms in total. The first-order chi connectivity index (χ1) is 10.1. The normalized spacial score (nSPS) is 38.5. The van der Waals surface area contributed by atoms with Crippen LogP contribution in [0.3, 0.4) is 0 Å². The first-order valence-electron chi connectivity index (χ1n) is 8.07. The Morgan fingerprint density at radius 3 is 2.14 bits per heavy atom. The van der Waals surface area contributed by atoms with Crippen molar-refractivity contribution in [3.05, 3.63) is 28.2 Å². The molecule has 114 valence electrons. The molecule has 1 aromatic carbocycles. The van der Waals surface area contributed by atoms with E-state index >= 15 is 0 Å². The zero-order valence-corrected chi connectivity index (χ0v) is 15.6. The second-order valence-corrected chi connectivity index (χ2v) is 9.30. The van der Waals surface area contributed by atoms with Gasteiger partial charge in [-0.3, -0.25) is 0 Å². The van der Waals surface area contributed by atoms with Crippen LogP contribution in [0.25, 0.3) is 0 Å². The molecule has 0 saturated heterocycles. The van der Waals surface area contributed by atoms with E-state index in [4.69, 9.17) is 4.74 Å². The molecule has 4 saturated carbocycles. The first kappa shape index (κ1) is 14.6. The topological polar surface area (TPSA) is 9.23 Å². The Bertz CT molecular complexity index is 519. The molecule has 1 aromatic rings. The molecular weight excluding hydrogens is 392 g/mol. The number of benzene rings is 1. The number of halogens is 2. The van der Waals surface area contributed by atoms with Crippen LogP contribution in [0.15, 0.2) is 22.7 Å². The van der Waals surface area contributed by atoms with Gasteiger partial charge in [0.1, 0.15) is 5.75 Å². The lowest BCUT2D eigenvalue weighted by atomic mass is 9.48. The van der Waals surface area contributed by atoms with E-state index in [9.17, 15) is 0 Å². The SMILES string of the molecule is COc1ccc(C(Br)C23CC4CC(CC(C4)C2)C3)c(Br)c1. The minimum absolute atomic E-state index is 0.471. The molecular formula is C18H22Br2O. The van der Waals surface area contributed by atoms with Crippen LogP contribution in [0.4, 0.5) is 0 Å². The van der Waals surface area contributed by atoms with E-state index < -0.39 is 0 Å². The maximum Gasteiger partial charge on any atom is 0.120 e.